The second-order valence-electron chi connectivity index (χ2n) is 4.06. The summed E-state index contributed by atoms with van der Waals surface area (Å²) in [6, 6.07) is 11.5. The monoisotopic (exact) mass is 334 g/mol. The molecule has 20 heavy (non-hydrogen) atoms. The van der Waals surface area contributed by atoms with E-state index < -0.39 is 0 Å². The number of nitrogens with one attached hydrogen (secondary N) is 1. The molecule has 1 rings (SSSR count). The third-order valence-corrected chi connectivity index (χ3v) is 3.16. The maximum atomic E-state index is 12.0. The lowest BCUT2D eigenvalue weighted by Gasteiger charge is -2.20. The van der Waals surface area contributed by atoms with E-state index in [2.05, 4.69) is 21.2 Å². The fraction of sp³-hybridized carbons (Fsp3) is 0.357. The van der Waals surface area contributed by atoms with E-state index >= 15 is 0 Å². The van der Waals surface area contributed by atoms with Crippen molar-refractivity contribution in [1.29, 1.82) is 10.5 Å². The zero-order valence-electron chi connectivity index (χ0n) is 11.0. The predicted octanol–water partition coefficient (Wildman–Crippen LogP) is 2.52. The van der Waals surface area contributed by atoms with E-state index in [1.54, 1.807) is 0 Å². The molecule has 6 heteroatoms. The summed E-state index contributed by atoms with van der Waals surface area (Å²) in [6.45, 7) is 0.872. The SMILES string of the molecule is N#CCCN(CCC#N)C(=O)CNc1ccc(Br)cc1. The number of carbonyl (C=O) groups is 1. The zero-order valence-corrected chi connectivity index (χ0v) is 12.6. The van der Waals surface area contributed by atoms with Crippen molar-refractivity contribution in [2.75, 3.05) is 25.0 Å². The lowest BCUT2D eigenvalue weighted by Crippen LogP contribution is -2.36. The summed E-state index contributed by atoms with van der Waals surface area (Å²) in [5.41, 5.74) is 0.849. The van der Waals surface area contributed by atoms with Gasteiger partial charge in [0.2, 0.25) is 5.91 Å². The summed E-state index contributed by atoms with van der Waals surface area (Å²) in [7, 11) is 0. The van der Waals surface area contributed by atoms with Crippen LogP contribution in [0.15, 0.2) is 28.7 Å². The quantitative estimate of drug-likeness (QED) is 0.830. The largest absolute Gasteiger partial charge is 0.376 e. The van der Waals surface area contributed by atoms with Crippen LogP contribution in [0.4, 0.5) is 5.69 Å². The first-order chi connectivity index (χ1) is 9.67. The predicted molar refractivity (Wildman–Crippen MR) is 79.7 cm³/mol. The Bertz CT molecular complexity index is 497. The van der Waals surface area contributed by atoms with Gasteiger partial charge in [-0.25, -0.2) is 0 Å². The number of nitriles is 2. The first-order valence-electron chi connectivity index (χ1n) is 6.18. The van der Waals surface area contributed by atoms with Crippen LogP contribution in [0.1, 0.15) is 12.8 Å². The number of benzene rings is 1. The van der Waals surface area contributed by atoms with Crippen molar-refractivity contribution in [3.8, 4) is 12.1 Å². The molecule has 0 saturated heterocycles. The van der Waals surface area contributed by atoms with Gasteiger partial charge in [-0.15, -0.1) is 0 Å². The van der Waals surface area contributed by atoms with E-state index in [9.17, 15) is 4.79 Å². The lowest BCUT2D eigenvalue weighted by atomic mass is 10.3. The summed E-state index contributed by atoms with van der Waals surface area (Å²) >= 11 is 3.34. The van der Waals surface area contributed by atoms with Crippen molar-refractivity contribution in [2.45, 2.75) is 12.8 Å². The first kappa shape index (κ1) is 16.0. The molecule has 104 valence electrons. The minimum absolute atomic E-state index is 0.113. The topological polar surface area (TPSA) is 79.9 Å². The maximum absolute atomic E-state index is 12.0. The molecule has 0 aliphatic carbocycles. The Morgan fingerprint density at radius 3 is 2.20 bits per heavy atom. The molecular weight excluding hydrogens is 320 g/mol. The molecule has 0 aromatic heterocycles. The van der Waals surface area contributed by atoms with Gasteiger partial charge in [-0.1, -0.05) is 15.9 Å². The summed E-state index contributed by atoms with van der Waals surface area (Å²) in [6.07, 6.45) is 0.547. The molecular formula is C14H15BrN4O. The number of hydrogen-bond donors (Lipinski definition) is 1. The zero-order chi connectivity index (χ0) is 14.8. The summed E-state index contributed by atoms with van der Waals surface area (Å²) in [5, 5.41) is 20.2. The van der Waals surface area contributed by atoms with E-state index in [1.165, 1.54) is 4.90 Å². The second kappa shape index (κ2) is 8.95. The highest BCUT2D eigenvalue weighted by Crippen LogP contribution is 2.13. The Hall–Kier alpha value is -2.05. The molecule has 0 heterocycles. The number of carbonyl (C=O) groups excluding carboxylic acids is 1. The van der Waals surface area contributed by atoms with Gasteiger partial charge < -0.3 is 10.2 Å². The smallest absolute Gasteiger partial charge is 0.241 e. The number of halogens is 1. The molecule has 0 unspecified atom stereocenters. The molecule has 0 bridgehead atoms. The Labute approximate surface area is 126 Å². The maximum Gasteiger partial charge on any atom is 0.241 e. The molecule has 0 aliphatic rings. The fourth-order valence-corrected chi connectivity index (χ4v) is 1.85. The molecule has 0 spiro atoms. The van der Waals surface area contributed by atoms with Crippen LogP contribution in [0.2, 0.25) is 0 Å². The molecule has 0 saturated carbocycles. The highest BCUT2D eigenvalue weighted by atomic mass is 79.9. The third kappa shape index (κ3) is 5.73. The number of nitrogens with zero attached hydrogens (tertiary/aromatic N) is 3. The summed E-state index contributed by atoms with van der Waals surface area (Å²) in [4.78, 5) is 13.6. The minimum Gasteiger partial charge on any atom is -0.376 e. The molecule has 0 aliphatic heterocycles. The van der Waals surface area contributed by atoms with Crippen molar-refractivity contribution in [3.63, 3.8) is 0 Å². The molecule has 1 aromatic carbocycles. The Morgan fingerprint density at radius 1 is 1.15 bits per heavy atom. The van der Waals surface area contributed by atoms with Crippen LogP contribution in [-0.4, -0.2) is 30.4 Å². The van der Waals surface area contributed by atoms with Gasteiger partial charge in [0.25, 0.3) is 0 Å². The van der Waals surface area contributed by atoms with E-state index in [0.29, 0.717) is 13.1 Å². The number of amides is 1. The van der Waals surface area contributed by atoms with Gasteiger partial charge >= 0.3 is 0 Å². The van der Waals surface area contributed by atoms with E-state index in [-0.39, 0.29) is 25.3 Å². The van der Waals surface area contributed by atoms with Crippen molar-refractivity contribution in [2.24, 2.45) is 0 Å². The molecule has 1 amide bonds. The highest BCUT2D eigenvalue weighted by molar-refractivity contribution is 9.10. The van der Waals surface area contributed by atoms with Crippen molar-refractivity contribution < 1.29 is 4.79 Å². The molecule has 5 nitrogen and oxygen atoms in total. The van der Waals surface area contributed by atoms with E-state index in [1.807, 2.05) is 36.4 Å². The van der Waals surface area contributed by atoms with Crippen LogP contribution in [0.3, 0.4) is 0 Å². The molecule has 0 fully saturated rings. The Morgan fingerprint density at radius 2 is 1.70 bits per heavy atom. The van der Waals surface area contributed by atoms with Gasteiger partial charge in [0.1, 0.15) is 0 Å². The average molecular weight is 335 g/mol. The van der Waals surface area contributed by atoms with Crippen LogP contribution < -0.4 is 5.32 Å². The molecule has 0 atom stereocenters. The van der Waals surface area contributed by atoms with Gasteiger partial charge in [-0.3, -0.25) is 4.79 Å². The van der Waals surface area contributed by atoms with E-state index in [0.717, 1.165) is 10.2 Å². The molecule has 1 aromatic rings. The van der Waals surface area contributed by atoms with E-state index in [4.69, 9.17) is 10.5 Å². The van der Waals surface area contributed by atoms with Crippen molar-refractivity contribution in [3.05, 3.63) is 28.7 Å². The van der Waals surface area contributed by atoms with Crippen molar-refractivity contribution >= 4 is 27.5 Å². The van der Waals surface area contributed by atoms with Gasteiger partial charge in [-0.2, -0.15) is 10.5 Å². The standard InChI is InChI=1S/C14H15BrN4O/c15-12-3-5-13(6-4-12)18-11-14(20)19(9-1-7-16)10-2-8-17/h3-6,18H,1-2,9-11H2. The van der Waals surface area contributed by atoms with Gasteiger partial charge in [-0.05, 0) is 24.3 Å². The minimum atomic E-state index is -0.113. The summed E-state index contributed by atoms with van der Waals surface area (Å²) in [5.74, 6) is -0.113. The van der Waals surface area contributed by atoms with Gasteiger partial charge in [0.05, 0.1) is 31.5 Å². The fourth-order valence-electron chi connectivity index (χ4n) is 1.59. The number of hydrogen-bond acceptors (Lipinski definition) is 4. The lowest BCUT2D eigenvalue weighted by molar-refractivity contribution is -0.129. The Kier molecular flexibility index (Phi) is 7.16. The van der Waals surface area contributed by atoms with Crippen LogP contribution in [0.5, 0.6) is 0 Å². The molecule has 0 radical (unpaired) electrons. The highest BCUT2D eigenvalue weighted by Gasteiger charge is 2.12. The van der Waals surface area contributed by atoms with Crippen LogP contribution in [-0.2, 0) is 4.79 Å². The van der Waals surface area contributed by atoms with Crippen LogP contribution in [0, 0.1) is 22.7 Å². The van der Waals surface area contributed by atoms with Crippen molar-refractivity contribution in [1.82, 2.24) is 4.90 Å². The summed E-state index contributed by atoms with van der Waals surface area (Å²) < 4.78 is 0.971. The van der Waals surface area contributed by atoms with Gasteiger partial charge in [0.15, 0.2) is 0 Å². The average Bonchev–Trinajstić information content (AvgIpc) is 2.46. The molecule has 1 N–H and O–H groups in total. The van der Waals surface area contributed by atoms with Crippen LogP contribution >= 0.6 is 15.9 Å². The first-order valence-corrected chi connectivity index (χ1v) is 6.97. The number of rotatable bonds is 7. The Balaban J connectivity index is 2.50. The third-order valence-electron chi connectivity index (χ3n) is 2.63. The second-order valence-corrected chi connectivity index (χ2v) is 4.97. The van der Waals surface area contributed by atoms with Crippen LogP contribution in [0.25, 0.3) is 0 Å². The normalized spacial score (nSPS) is 9.35. The van der Waals surface area contributed by atoms with Gasteiger partial charge in [0, 0.05) is 23.2 Å². The number of anilines is 1.